The van der Waals surface area contributed by atoms with Gasteiger partial charge in [-0.3, -0.25) is 0 Å². The van der Waals surface area contributed by atoms with Crippen molar-refractivity contribution >= 4 is 17.3 Å². The quantitative estimate of drug-likeness (QED) is 0.308. The third-order valence-electron chi connectivity index (χ3n) is 8.70. The van der Waals surface area contributed by atoms with E-state index in [-0.39, 0.29) is 0 Å². The molecule has 4 heteroatoms. The van der Waals surface area contributed by atoms with Crippen molar-refractivity contribution in [1.82, 2.24) is 15.2 Å². The van der Waals surface area contributed by atoms with Gasteiger partial charge in [0.05, 0.1) is 0 Å². The van der Waals surface area contributed by atoms with Gasteiger partial charge >= 0.3 is 0 Å². The van der Waals surface area contributed by atoms with E-state index < -0.39 is 0 Å². The average Bonchev–Trinajstić information content (AvgIpc) is 3.24. The van der Waals surface area contributed by atoms with Gasteiger partial charge in [-0.25, -0.2) is 0 Å². The Balaban J connectivity index is 0.000000934. The third-order valence-corrected chi connectivity index (χ3v) is 8.70. The van der Waals surface area contributed by atoms with E-state index in [0.29, 0.717) is 11.8 Å². The minimum Gasteiger partial charge on any atom is -0.388 e. The molecule has 1 aliphatic carbocycles. The Morgan fingerprint density at radius 3 is 2.26 bits per heavy atom. The summed E-state index contributed by atoms with van der Waals surface area (Å²) in [7, 11) is 3.95. The van der Waals surface area contributed by atoms with E-state index in [9.17, 15) is 0 Å². The van der Waals surface area contributed by atoms with Crippen LogP contribution < -0.4 is 10.6 Å². The van der Waals surface area contributed by atoms with Crippen LogP contribution in [0.1, 0.15) is 111 Å². The lowest BCUT2D eigenvalue weighted by Crippen LogP contribution is -2.41. The maximum absolute atomic E-state index is 4.19. The van der Waals surface area contributed by atoms with Crippen molar-refractivity contribution < 1.29 is 0 Å². The van der Waals surface area contributed by atoms with Crippen molar-refractivity contribution in [1.29, 1.82) is 0 Å². The highest BCUT2D eigenvalue weighted by Crippen LogP contribution is 2.36. The van der Waals surface area contributed by atoms with Gasteiger partial charge in [-0.05, 0) is 119 Å². The lowest BCUT2D eigenvalue weighted by atomic mass is 9.85. The maximum Gasteiger partial charge on any atom is 0.0421 e. The Morgan fingerprint density at radius 2 is 1.74 bits per heavy atom. The second-order valence-electron chi connectivity index (χ2n) is 11.5. The van der Waals surface area contributed by atoms with Crippen LogP contribution in [0, 0.1) is 13.8 Å². The summed E-state index contributed by atoms with van der Waals surface area (Å²) in [6.07, 6.45) is 14.0. The molecule has 3 N–H and O–H groups in total. The Kier molecular flexibility index (Phi) is 11.7. The monoisotopic (exact) mass is 518 g/mol. The standard InChI is InChI=1S/C31H45N3.C3H9N/c1-7-24(20-30-22(4)31(21(2)3)23(5)33-30)28-19-26(13-14-29(28)32-6)25-15-17-34(18-16-25)27-11-9-8-10-12-27;1-3-4-2/h7,13-14,19-21,25,27,32-33H,1,8-12,15-18H2,2-6H3;4H,3H2,1-2H3/b24-20+;. The number of allylic oxidation sites excluding steroid dienone is 2. The molecule has 210 valence electrons. The first-order chi connectivity index (χ1) is 18.3. The van der Waals surface area contributed by atoms with Crippen LogP contribution >= 0.6 is 0 Å². The van der Waals surface area contributed by atoms with Gasteiger partial charge in [-0.15, -0.1) is 0 Å². The van der Waals surface area contributed by atoms with Crippen molar-refractivity contribution in [3.05, 3.63) is 64.5 Å². The molecule has 2 aromatic rings. The lowest BCUT2D eigenvalue weighted by Gasteiger charge is -2.39. The molecule has 1 aliphatic heterocycles. The van der Waals surface area contributed by atoms with Gasteiger partial charge in [0.2, 0.25) is 0 Å². The predicted molar refractivity (Wildman–Crippen MR) is 168 cm³/mol. The van der Waals surface area contributed by atoms with Gasteiger partial charge in [0.15, 0.2) is 0 Å². The highest BCUT2D eigenvalue weighted by atomic mass is 15.2. The van der Waals surface area contributed by atoms with Gasteiger partial charge in [0, 0.05) is 35.7 Å². The summed E-state index contributed by atoms with van der Waals surface area (Å²) in [5, 5.41) is 6.35. The Labute approximate surface area is 233 Å². The van der Waals surface area contributed by atoms with E-state index in [2.05, 4.69) is 86.0 Å². The number of aromatic nitrogens is 1. The van der Waals surface area contributed by atoms with Gasteiger partial charge in [0.1, 0.15) is 0 Å². The highest BCUT2D eigenvalue weighted by molar-refractivity contribution is 5.92. The predicted octanol–water partition coefficient (Wildman–Crippen LogP) is 8.26. The topological polar surface area (TPSA) is 43.1 Å². The molecule has 0 spiro atoms. The number of hydrogen-bond acceptors (Lipinski definition) is 3. The molecule has 1 saturated heterocycles. The van der Waals surface area contributed by atoms with Crippen LogP contribution in [0.3, 0.4) is 0 Å². The highest BCUT2D eigenvalue weighted by Gasteiger charge is 2.27. The molecule has 1 saturated carbocycles. The molecule has 0 radical (unpaired) electrons. The van der Waals surface area contributed by atoms with Crippen molar-refractivity contribution in [2.75, 3.05) is 39.0 Å². The number of likely N-dealkylation sites (tertiary alicyclic amines) is 1. The summed E-state index contributed by atoms with van der Waals surface area (Å²) >= 11 is 0. The van der Waals surface area contributed by atoms with E-state index in [1.54, 1.807) is 0 Å². The second kappa shape index (κ2) is 14.7. The first kappa shape index (κ1) is 30.2. The molecule has 0 bridgehead atoms. The lowest BCUT2D eigenvalue weighted by molar-refractivity contribution is 0.122. The van der Waals surface area contributed by atoms with E-state index in [0.717, 1.165) is 12.6 Å². The minimum absolute atomic E-state index is 0.515. The molecular formula is C34H54N4. The molecule has 1 aromatic carbocycles. The normalized spacial score (nSPS) is 17.8. The zero-order chi connectivity index (χ0) is 27.7. The first-order valence-electron chi connectivity index (χ1n) is 15.1. The SMILES string of the molecule is C=C/C(=C\c1[nH]c(C)c(C(C)C)c1C)c1cc(C2CCN(C3CCCCC3)CC2)ccc1NC.CCNC. The molecule has 0 atom stereocenters. The van der Waals surface area contributed by atoms with Crippen LogP contribution in [0.4, 0.5) is 5.69 Å². The van der Waals surface area contributed by atoms with Crippen LogP contribution in [-0.2, 0) is 0 Å². The molecule has 2 heterocycles. The third kappa shape index (κ3) is 7.42. The van der Waals surface area contributed by atoms with Gasteiger partial charge < -0.3 is 20.5 Å². The summed E-state index contributed by atoms with van der Waals surface area (Å²) in [6.45, 7) is 18.8. The van der Waals surface area contributed by atoms with E-state index in [4.69, 9.17) is 0 Å². The van der Waals surface area contributed by atoms with Crippen molar-refractivity contribution in [2.45, 2.75) is 97.4 Å². The van der Waals surface area contributed by atoms with Gasteiger partial charge in [-0.2, -0.15) is 0 Å². The Hall–Kier alpha value is -2.30. The van der Waals surface area contributed by atoms with Crippen LogP contribution in [0.15, 0.2) is 30.9 Å². The largest absolute Gasteiger partial charge is 0.388 e. The minimum atomic E-state index is 0.515. The number of nitrogens with one attached hydrogen (secondary N) is 3. The number of nitrogens with zero attached hydrogens (tertiary/aromatic N) is 1. The number of aryl methyl sites for hydroxylation is 1. The molecule has 1 aromatic heterocycles. The number of piperidine rings is 1. The molecule has 4 rings (SSSR count). The van der Waals surface area contributed by atoms with E-state index >= 15 is 0 Å². The fraction of sp³-hybridized carbons (Fsp3) is 0.588. The van der Waals surface area contributed by atoms with Crippen molar-refractivity contribution in [3.8, 4) is 0 Å². The Morgan fingerprint density at radius 1 is 1.08 bits per heavy atom. The number of H-pyrrole nitrogens is 1. The fourth-order valence-corrected chi connectivity index (χ4v) is 6.52. The second-order valence-corrected chi connectivity index (χ2v) is 11.5. The van der Waals surface area contributed by atoms with Crippen LogP contribution in [0.2, 0.25) is 0 Å². The van der Waals surface area contributed by atoms with Crippen LogP contribution in [0.5, 0.6) is 0 Å². The molecule has 38 heavy (non-hydrogen) atoms. The van der Waals surface area contributed by atoms with E-state index in [1.165, 1.54) is 103 Å². The molecule has 2 aliphatic rings. The molecule has 4 nitrogen and oxygen atoms in total. The fourth-order valence-electron chi connectivity index (χ4n) is 6.52. The molecule has 2 fully saturated rings. The van der Waals surface area contributed by atoms with E-state index in [1.807, 2.05) is 20.2 Å². The molecular weight excluding hydrogens is 464 g/mol. The number of benzene rings is 1. The summed E-state index contributed by atoms with van der Waals surface area (Å²) < 4.78 is 0. The summed E-state index contributed by atoms with van der Waals surface area (Å²) in [5.74, 6) is 1.17. The summed E-state index contributed by atoms with van der Waals surface area (Å²) in [4.78, 5) is 6.42. The zero-order valence-electron chi connectivity index (χ0n) is 25.3. The number of anilines is 1. The summed E-state index contributed by atoms with van der Waals surface area (Å²) in [6, 6.07) is 7.88. The molecule has 0 amide bonds. The number of rotatable bonds is 8. The maximum atomic E-state index is 4.19. The first-order valence-corrected chi connectivity index (χ1v) is 15.1. The smallest absolute Gasteiger partial charge is 0.0421 e. The van der Waals surface area contributed by atoms with Crippen LogP contribution in [0.25, 0.3) is 11.6 Å². The number of hydrogen-bond donors (Lipinski definition) is 3. The average molecular weight is 519 g/mol. The number of aromatic amines is 1. The van der Waals surface area contributed by atoms with Crippen LogP contribution in [-0.4, -0.2) is 49.7 Å². The van der Waals surface area contributed by atoms with Gasteiger partial charge in [0.25, 0.3) is 0 Å². The van der Waals surface area contributed by atoms with Gasteiger partial charge in [-0.1, -0.05) is 58.8 Å². The summed E-state index contributed by atoms with van der Waals surface area (Å²) in [5.41, 5.74) is 10.3. The van der Waals surface area contributed by atoms with Crippen molar-refractivity contribution in [2.24, 2.45) is 0 Å². The Bertz CT molecular complexity index is 1040. The van der Waals surface area contributed by atoms with Crippen molar-refractivity contribution in [3.63, 3.8) is 0 Å². The molecule has 0 unspecified atom stereocenters. The zero-order valence-corrected chi connectivity index (χ0v) is 25.3.